The molecule has 0 aliphatic carbocycles. The van der Waals surface area contributed by atoms with Crippen LogP contribution in [0, 0.1) is 0 Å². The van der Waals surface area contributed by atoms with Gasteiger partial charge in [0.15, 0.2) is 0 Å². The third-order valence-corrected chi connectivity index (χ3v) is 5.83. The van der Waals surface area contributed by atoms with Crippen LogP contribution >= 0.6 is 0 Å². The van der Waals surface area contributed by atoms with Crippen LogP contribution in [0.2, 0.25) is 0 Å². The van der Waals surface area contributed by atoms with Crippen molar-refractivity contribution in [3.63, 3.8) is 0 Å². The van der Waals surface area contributed by atoms with Crippen LogP contribution in [-0.2, 0) is 5.54 Å². The Morgan fingerprint density at radius 3 is 2.27 bits per heavy atom. The van der Waals surface area contributed by atoms with E-state index in [1.165, 1.54) is 66.7 Å². The highest BCUT2D eigenvalue weighted by molar-refractivity contribution is 6.00. The van der Waals surface area contributed by atoms with Crippen LogP contribution in [0.25, 0.3) is 0 Å². The monoisotopic (exact) mass is 526 g/mol. The normalized spacial score (nSPS) is 18.0. The molecule has 1 atom stereocenters. The number of ether oxygens (including phenoxy) is 2. The Bertz CT molecular complexity index is 1270. The van der Waals surface area contributed by atoms with Gasteiger partial charge in [-0.05, 0) is 55.9 Å². The van der Waals surface area contributed by atoms with E-state index in [-0.39, 0.29) is 41.5 Å². The Morgan fingerprint density at radius 1 is 0.973 bits per heavy atom. The summed E-state index contributed by atoms with van der Waals surface area (Å²) in [6.07, 6.45) is -8.22. The van der Waals surface area contributed by atoms with Gasteiger partial charge in [0.25, 0.3) is 0 Å². The van der Waals surface area contributed by atoms with Crippen LogP contribution in [0.5, 0.6) is 17.4 Å². The fourth-order valence-corrected chi connectivity index (χ4v) is 4.00. The van der Waals surface area contributed by atoms with Crippen molar-refractivity contribution in [3.8, 4) is 17.4 Å². The summed E-state index contributed by atoms with van der Waals surface area (Å²) in [4.78, 5) is 17.7. The number of anilines is 2. The molecule has 2 heterocycles. The molecule has 13 heteroatoms. The number of nitrogens with zero attached hydrogens (tertiary/aromatic N) is 2. The van der Waals surface area contributed by atoms with Crippen molar-refractivity contribution in [3.05, 3.63) is 72.4 Å². The number of rotatable bonds is 6. The van der Waals surface area contributed by atoms with Crippen LogP contribution in [-0.4, -0.2) is 42.0 Å². The summed E-state index contributed by atoms with van der Waals surface area (Å²) in [5, 5.41) is 4.90. The second-order valence-corrected chi connectivity index (χ2v) is 8.14. The number of para-hydroxylation sites is 1. The van der Waals surface area contributed by atoms with Crippen LogP contribution in [0.1, 0.15) is 12.0 Å². The average molecular weight is 526 g/mol. The second-order valence-electron chi connectivity index (χ2n) is 8.14. The Kier molecular flexibility index (Phi) is 6.91. The van der Waals surface area contributed by atoms with E-state index in [2.05, 4.69) is 20.4 Å². The average Bonchev–Trinajstić information content (AvgIpc) is 2.80. The summed E-state index contributed by atoms with van der Waals surface area (Å²) in [7, 11) is 1.38. The maximum absolute atomic E-state index is 14.1. The van der Waals surface area contributed by atoms with E-state index < -0.39 is 29.9 Å². The first-order chi connectivity index (χ1) is 17.4. The minimum atomic E-state index is -4.85. The first kappa shape index (κ1) is 26.1. The van der Waals surface area contributed by atoms with E-state index in [1.807, 2.05) is 0 Å². The number of amides is 2. The summed E-state index contributed by atoms with van der Waals surface area (Å²) in [6.45, 7) is 0.258. The number of urea groups is 1. The van der Waals surface area contributed by atoms with Gasteiger partial charge in [0.2, 0.25) is 5.88 Å². The lowest BCUT2D eigenvalue weighted by molar-refractivity contribution is -0.274. The predicted octanol–water partition coefficient (Wildman–Crippen LogP) is 6.51. The van der Waals surface area contributed by atoms with Gasteiger partial charge >= 0.3 is 18.6 Å². The Balaban J connectivity index is 1.52. The van der Waals surface area contributed by atoms with Gasteiger partial charge < -0.3 is 20.1 Å². The molecule has 0 bridgehead atoms. The third-order valence-electron chi connectivity index (χ3n) is 5.83. The van der Waals surface area contributed by atoms with Crippen molar-refractivity contribution in [1.82, 2.24) is 9.88 Å². The molecule has 1 unspecified atom stereocenters. The maximum atomic E-state index is 14.1. The summed E-state index contributed by atoms with van der Waals surface area (Å²) in [6, 6.07) is 12.3. The van der Waals surface area contributed by atoms with Crippen LogP contribution in [0.3, 0.4) is 0 Å². The Labute approximate surface area is 207 Å². The lowest BCUT2D eigenvalue weighted by Crippen LogP contribution is -2.63. The smallest absolute Gasteiger partial charge is 0.437 e. The quantitative estimate of drug-likeness (QED) is 0.358. The van der Waals surface area contributed by atoms with Crippen molar-refractivity contribution in [2.45, 2.75) is 24.5 Å². The molecule has 4 rings (SSSR count). The number of halogens is 6. The number of aromatic nitrogens is 1. The molecule has 0 radical (unpaired) electrons. The van der Waals surface area contributed by atoms with Crippen molar-refractivity contribution in [2.75, 3.05) is 24.2 Å². The van der Waals surface area contributed by atoms with Crippen molar-refractivity contribution in [1.29, 1.82) is 0 Å². The van der Waals surface area contributed by atoms with E-state index in [0.29, 0.717) is 0 Å². The first-order valence-electron chi connectivity index (χ1n) is 10.8. The fourth-order valence-electron chi connectivity index (χ4n) is 4.00. The molecular formula is C24H20F6N4O3. The number of benzene rings is 2. The highest BCUT2D eigenvalue weighted by Gasteiger charge is 2.64. The van der Waals surface area contributed by atoms with E-state index in [0.717, 1.165) is 12.1 Å². The first-order valence-corrected chi connectivity index (χ1v) is 10.8. The number of likely N-dealkylation sites (tertiary alicyclic amines) is 1. The largest absolute Gasteiger partial charge is 0.573 e. The molecule has 2 amide bonds. The number of carbonyl (C=O) groups is 1. The SMILES string of the molecule is CN1CCC1(c1ccccc1Oc1ncccc1NC(=O)Nc1ccc(OC(F)(F)F)cc1)C(F)(F)F. The number of carbonyl (C=O) groups excluding carboxylic acids is 1. The number of hydrogen-bond donors (Lipinski definition) is 2. The lowest BCUT2D eigenvalue weighted by atomic mass is 9.77. The summed E-state index contributed by atoms with van der Waals surface area (Å²) < 4.78 is 88.9. The maximum Gasteiger partial charge on any atom is 0.573 e. The number of nitrogens with one attached hydrogen (secondary N) is 2. The van der Waals surface area contributed by atoms with Gasteiger partial charge in [0.1, 0.15) is 22.7 Å². The molecule has 7 nitrogen and oxygen atoms in total. The number of pyridine rings is 1. The third kappa shape index (κ3) is 5.56. The van der Waals surface area contributed by atoms with Gasteiger partial charge in [0, 0.05) is 24.0 Å². The number of hydrogen-bond acceptors (Lipinski definition) is 5. The molecule has 1 aliphatic rings. The molecule has 3 aromatic rings. The molecule has 1 aliphatic heterocycles. The molecule has 2 N–H and O–H groups in total. The summed E-state index contributed by atoms with van der Waals surface area (Å²) >= 11 is 0. The summed E-state index contributed by atoms with van der Waals surface area (Å²) in [5.74, 6) is -0.694. The van der Waals surface area contributed by atoms with Crippen LogP contribution < -0.4 is 20.1 Å². The zero-order valence-corrected chi connectivity index (χ0v) is 19.2. The molecule has 37 heavy (non-hydrogen) atoms. The molecule has 1 saturated heterocycles. The van der Waals surface area contributed by atoms with E-state index in [1.54, 1.807) is 0 Å². The molecule has 196 valence electrons. The van der Waals surface area contributed by atoms with E-state index in [4.69, 9.17) is 4.74 Å². The second kappa shape index (κ2) is 9.81. The van der Waals surface area contributed by atoms with Crippen molar-refractivity contribution >= 4 is 17.4 Å². The minimum absolute atomic E-state index is 0.0508. The highest BCUT2D eigenvalue weighted by atomic mass is 19.4. The fraction of sp³-hybridized carbons (Fsp3) is 0.250. The Hall–Kier alpha value is -4.00. The van der Waals surface area contributed by atoms with Gasteiger partial charge in [-0.1, -0.05) is 18.2 Å². The molecule has 0 spiro atoms. The topological polar surface area (TPSA) is 75.7 Å². The van der Waals surface area contributed by atoms with Crippen LogP contribution in [0.15, 0.2) is 66.9 Å². The number of alkyl halides is 6. The minimum Gasteiger partial charge on any atom is -0.437 e. The Morgan fingerprint density at radius 2 is 1.68 bits per heavy atom. The molecule has 2 aromatic carbocycles. The lowest BCUT2D eigenvalue weighted by Gasteiger charge is -2.52. The molecule has 1 fully saturated rings. The summed E-state index contributed by atoms with van der Waals surface area (Å²) in [5.41, 5.74) is -2.09. The zero-order valence-electron chi connectivity index (χ0n) is 19.2. The standard InChI is InChI=1S/C24H20F6N4O3/c1-34-14-12-22(34,23(25,26)27)17-5-2-3-7-19(17)36-20-18(6-4-13-31-20)33-21(35)32-15-8-10-16(11-9-15)37-24(28,29)30/h2-11,13H,12,14H2,1H3,(H2,32,33,35). The van der Waals surface area contributed by atoms with Crippen molar-refractivity contribution < 1.29 is 40.6 Å². The zero-order chi connectivity index (χ0) is 26.8. The van der Waals surface area contributed by atoms with E-state index in [9.17, 15) is 31.1 Å². The van der Waals surface area contributed by atoms with Gasteiger partial charge in [0.05, 0.1) is 0 Å². The molecular weight excluding hydrogens is 506 g/mol. The van der Waals surface area contributed by atoms with Gasteiger partial charge in [-0.3, -0.25) is 4.90 Å². The molecule has 0 saturated carbocycles. The molecule has 1 aromatic heterocycles. The van der Waals surface area contributed by atoms with Gasteiger partial charge in [-0.25, -0.2) is 9.78 Å². The predicted molar refractivity (Wildman–Crippen MR) is 121 cm³/mol. The van der Waals surface area contributed by atoms with Crippen LogP contribution in [0.4, 0.5) is 42.5 Å². The van der Waals surface area contributed by atoms with Gasteiger partial charge in [-0.2, -0.15) is 13.2 Å². The van der Waals surface area contributed by atoms with E-state index >= 15 is 0 Å². The van der Waals surface area contributed by atoms with Gasteiger partial charge in [-0.15, -0.1) is 13.2 Å². The highest BCUT2D eigenvalue weighted by Crippen LogP contribution is 2.54. The van der Waals surface area contributed by atoms with Crippen molar-refractivity contribution in [2.24, 2.45) is 0 Å².